The Morgan fingerprint density at radius 3 is 1.83 bits per heavy atom. The average molecular weight is 522 g/mol. The first kappa shape index (κ1) is 22.4. The number of nitrogens with zero attached hydrogens (tertiary/aromatic N) is 1. The van der Waals surface area contributed by atoms with Crippen LogP contribution in [-0.4, -0.2) is 4.98 Å². The predicted octanol–water partition coefficient (Wildman–Crippen LogP) is 10.9. The number of hydrogen-bond donors (Lipinski definition) is 0. The molecule has 0 spiro atoms. The van der Waals surface area contributed by atoms with Crippen molar-refractivity contribution in [2.45, 2.75) is 0 Å². The zero-order chi connectivity index (χ0) is 26.9. The molecular weight excluding hydrogens is 498 g/mol. The van der Waals surface area contributed by atoms with E-state index >= 15 is 0 Å². The molecule has 0 amide bonds. The smallest absolute Gasteiger partial charge is 0.143 e. The lowest BCUT2D eigenvalue weighted by Crippen LogP contribution is -1.94. The molecule has 0 fully saturated rings. The number of pyridine rings is 1. The lowest BCUT2D eigenvalue weighted by Gasteiger charge is -2.20. The SMILES string of the molecule is c1ccc(Oc2c3ccccc3c(-c3ccc4c5cccc6cccc(c7cccc3c74)c65)c3cnccc23)cc1. The summed E-state index contributed by atoms with van der Waals surface area (Å²) in [5.41, 5.74) is 2.39. The molecule has 1 aromatic heterocycles. The summed E-state index contributed by atoms with van der Waals surface area (Å²) < 4.78 is 6.59. The van der Waals surface area contributed by atoms with Gasteiger partial charge in [0, 0.05) is 28.6 Å². The van der Waals surface area contributed by atoms with Gasteiger partial charge in [-0.2, -0.15) is 0 Å². The Bertz CT molecular complexity index is 2340. The number of rotatable bonds is 3. The van der Waals surface area contributed by atoms with Gasteiger partial charge in [0.2, 0.25) is 0 Å². The van der Waals surface area contributed by atoms with E-state index in [1.54, 1.807) is 0 Å². The van der Waals surface area contributed by atoms with Crippen molar-refractivity contribution >= 4 is 64.6 Å². The van der Waals surface area contributed by atoms with E-state index in [1.165, 1.54) is 54.2 Å². The maximum atomic E-state index is 6.59. The Balaban J connectivity index is 1.43. The van der Waals surface area contributed by atoms with Crippen LogP contribution in [-0.2, 0) is 0 Å². The Morgan fingerprint density at radius 2 is 1.02 bits per heavy atom. The quantitative estimate of drug-likeness (QED) is 0.170. The fourth-order valence-corrected chi connectivity index (χ4v) is 6.85. The highest BCUT2D eigenvalue weighted by Gasteiger charge is 2.20. The fraction of sp³-hybridized carbons (Fsp3) is 0. The van der Waals surface area contributed by atoms with Crippen molar-refractivity contribution in [1.29, 1.82) is 0 Å². The van der Waals surface area contributed by atoms with Gasteiger partial charge in [-0.15, -0.1) is 0 Å². The Hall–Kier alpha value is -5.47. The number of fused-ring (bicyclic) bond motifs is 4. The van der Waals surface area contributed by atoms with Gasteiger partial charge >= 0.3 is 0 Å². The maximum Gasteiger partial charge on any atom is 0.143 e. The van der Waals surface area contributed by atoms with Gasteiger partial charge in [-0.05, 0) is 77.8 Å². The largest absolute Gasteiger partial charge is 0.456 e. The molecular formula is C39H23NO. The molecule has 9 aromatic rings. The lowest BCUT2D eigenvalue weighted by molar-refractivity contribution is 0.494. The van der Waals surface area contributed by atoms with Gasteiger partial charge in [0.15, 0.2) is 0 Å². The predicted molar refractivity (Wildman–Crippen MR) is 172 cm³/mol. The third-order valence-corrected chi connectivity index (χ3v) is 8.53. The minimum absolute atomic E-state index is 0.818. The molecule has 1 heterocycles. The van der Waals surface area contributed by atoms with E-state index in [1.807, 2.05) is 42.7 Å². The molecule has 41 heavy (non-hydrogen) atoms. The Labute approximate surface area is 236 Å². The van der Waals surface area contributed by atoms with E-state index in [2.05, 4.69) is 102 Å². The number of aromatic nitrogens is 1. The summed E-state index contributed by atoms with van der Waals surface area (Å²) in [6.45, 7) is 0. The first-order valence-electron chi connectivity index (χ1n) is 14.0. The zero-order valence-electron chi connectivity index (χ0n) is 22.1. The van der Waals surface area contributed by atoms with Crippen LogP contribution < -0.4 is 4.74 Å². The minimum atomic E-state index is 0.818. The van der Waals surface area contributed by atoms with Crippen LogP contribution in [0.3, 0.4) is 0 Å². The molecule has 0 aliphatic rings. The highest BCUT2D eigenvalue weighted by molar-refractivity contribution is 6.35. The van der Waals surface area contributed by atoms with Crippen LogP contribution >= 0.6 is 0 Å². The Kier molecular flexibility index (Phi) is 4.64. The summed E-state index contributed by atoms with van der Waals surface area (Å²) >= 11 is 0. The summed E-state index contributed by atoms with van der Waals surface area (Å²) in [4.78, 5) is 4.60. The summed E-state index contributed by atoms with van der Waals surface area (Å²) in [6, 6.07) is 45.3. The molecule has 0 aliphatic heterocycles. The lowest BCUT2D eigenvalue weighted by atomic mass is 9.85. The average Bonchev–Trinajstić information content (AvgIpc) is 3.04. The molecule has 2 nitrogen and oxygen atoms in total. The van der Waals surface area contributed by atoms with E-state index in [0.29, 0.717) is 0 Å². The monoisotopic (exact) mass is 521 g/mol. The number of para-hydroxylation sites is 1. The molecule has 0 bridgehead atoms. The van der Waals surface area contributed by atoms with Crippen LogP contribution in [0.15, 0.2) is 140 Å². The molecule has 0 saturated carbocycles. The normalized spacial score (nSPS) is 11.9. The first-order valence-corrected chi connectivity index (χ1v) is 14.0. The number of hydrogen-bond acceptors (Lipinski definition) is 2. The van der Waals surface area contributed by atoms with Gasteiger partial charge in [-0.1, -0.05) is 109 Å². The fourth-order valence-electron chi connectivity index (χ4n) is 6.85. The third-order valence-electron chi connectivity index (χ3n) is 8.53. The molecule has 2 heteroatoms. The summed E-state index contributed by atoms with van der Waals surface area (Å²) in [7, 11) is 0. The van der Waals surface area contributed by atoms with Crippen LogP contribution in [0.1, 0.15) is 0 Å². The number of benzene rings is 8. The molecule has 0 unspecified atom stereocenters. The maximum absolute atomic E-state index is 6.59. The van der Waals surface area contributed by atoms with Crippen molar-refractivity contribution < 1.29 is 4.74 Å². The van der Waals surface area contributed by atoms with Gasteiger partial charge in [0.25, 0.3) is 0 Å². The highest BCUT2D eigenvalue weighted by atomic mass is 16.5. The topological polar surface area (TPSA) is 22.1 Å². The van der Waals surface area contributed by atoms with Crippen molar-refractivity contribution in [3.05, 3.63) is 140 Å². The van der Waals surface area contributed by atoms with E-state index in [9.17, 15) is 0 Å². The van der Waals surface area contributed by atoms with Gasteiger partial charge in [-0.25, -0.2) is 0 Å². The van der Waals surface area contributed by atoms with E-state index < -0.39 is 0 Å². The molecule has 8 aromatic carbocycles. The van der Waals surface area contributed by atoms with Crippen molar-refractivity contribution in [3.8, 4) is 22.6 Å². The molecule has 0 aliphatic carbocycles. The third kappa shape index (κ3) is 3.16. The molecule has 0 saturated heterocycles. The second-order valence-corrected chi connectivity index (χ2v) is 10.7. The molecule has 0 N–H and O–H groups in total. The van der Waals surface area contributed by atoms with Crippen LogP contribution in [0.5, 0.6) is 11.5 Å². The van der Waals surface area contributed by atoms with E-state index in [4.69, 9.17) is 4.74 Å². The standard InChI is InChI=1S/C39H23NO/c1-2-11-25(12-3-1)41-39-33-14-5-4-13-30(33)38(35-23-40-22-21-34(35)39)32-20-19-31-27-16-7-10-24-9-6-15-26(36(24)27)28-17-8-18-29(32)37(28)31/h1-23H. The second kappa shape index (κ2) is 8.51. The van der Waals surface area contributed by atoms with Gasteiger partial charge in [-0.3, -0.25) is 4.98 Å². The van der Waals surface area contributed by atoms with Crippen LogP contribution in [0.2, 0.25) is 0 Å². The molecule has 0 radical (unpaired) electrons. The molecule has 9 rings (SSSR count). The second-order valence-electron chi connectivity index (χ2n) is 10.7. The number of ether oxygens (including phenoxy) is 1. The summed E-state index contributed by atoms with van der Waals surface area (Å²) in [5.74, 6) is 1.68. The van der Waals surface area contributed by atoms with Gasteiger partial charge < -0.3 is 4.74 Å². The van der Waals surface area contributed by atoms with Crippen molar-refractivity contribution in [2.24, 2.45) is 0 Å². The highest BCUT2D eigenvalue weighted by Crippen LogP contribution is 2.48. The van der Waals surface area contributed by atoms with Crippen LogP contribution in [0.25, 0.3) is 75.8 Å². The molecule has 0 atom stereocenters. The molecule has 190 valence electrons. The minimum Gasteiger partial charge on any atom is -0.456 e. The Morgan fingerprint density at radius 1 is 0.415 bits per heavy atom. The summed E-state index contributed by atoms with van der Waals surface area (Å²) in [5, 5.41) is 14.7. The summed E-state index contributed by atoms with van der Waals surface area (Å²) in [6.07, 6.45) is 3.84. The van der Waals surface area contributed by atoms with E-state index in [0.717, 1.165) is 33.0 Å². The van der Waals surface area contributed by atoms with Crippen molar-refractivity contribution in [2.75, 3.05) is 0 Å². The van der Waals surface area contributed by atoms with Crippen LogP contribution in [0, 0.1) is 0 Å². The van der Waals surface area contributed by atoms with Crippen molar-refractivity contribution in [1.82, 2.24) is 4.98 Å². The van der Waals surface area contributed by atoms with Gasteiger partial charge in [0.05, 0.1) is 0 Å². The van der Waals surface area contributed by atoms with Crippen LogP contribution in [0.4, 0.5) is 0 Å². The first-order chi connectivity index (χ1) is 20.4. The van der Waals surface area contributed by atoms with E-state index in [-0.39, 0.29) is 0 Å². The zero-order valence-corrected chi connectivity index (χ0v) is 22.1. The van der Waals surface area contributed by atoms with Crippen molar-refractivity contribution in [3.63, 3.8) is 0 Å². The van der Waals surface area contributed by atoms with Gasteiger partial charge in [0.1, 0.15) is 11.5 Å².